The van der Waals surface area contributed by atoms with Crippen LogP contribution in [-0.2, 0) is 16.6 Å². The van der Waals surface area contributed by atoms with E-state index in [0.29, 0.717) is 0 Å². The summed E-state index contributed by atoms with van der Waals surface area (Å²) in [7, 11) is -2.50. The Morgan fingerprint density at radius 3 is 2.38 bits per heavy atom. The minimum atomic E-state index is -3.83. The minimum absolute atomic E-state index is 0.0120. The van der Waals surface area contributed by atoms with Gasteiger partial charge in [0, 0.05) is 18.2 Å². The highest BCUT2D eigenvalue weighted by molar-refractivity contribution is 7.89. The Hall–Kier alpha value is -1.96. The smallest absolute Gasteiger partial charge is 0.241 e. The van der Waals surface area contributed by atoms with E-state index in [0.717, 1.165) is 11.1 Å². The fraction of sp³-hybridized carbons (Fsp3) is 0.294. The van der Waals surface area contributed by atoms with E-state index in [1.807, 2.05) is 31.2 Å². The number of ether oxygens (including phenoxy) is 1. The Bertz CT molecular complexity index is 818. The third kappa shape index (κ3) is 3.92. The highest BCUT2D eigenvalue weighted by Crippen LogP contribution is 2.26. The van der Waals surface area contributed by atoms with Crippen molar-refractivity contribution in [3.8, 4) is 5.75 Å². The zero-order valence-corrected chi connectivity index (χ0v) is 14.7. The Morgan fingerprint density at radius 2 is 1.83 bits per heavy atom. The van der Waals surface area contributed by atoms with Crippen LogP contribution in [0.5, 0.6) is 5.75 Å². The average molecular weight is 352 g/mol. The first-order valence-electron chi connectivity index (χ1n) is 7.43. The number of hydrogen-bond acceptors (Lipinski definition) is 4. The van der Waals surface area contributed by atoms with Gasteiger partial charge in [-0.25, -0.2) is 17.5 Å². The van der Waals surface area contributed by atoms with Gasteiger partial charge in [0.1, 0.15) is 0 Å². The van der Waals surface area contributed by atoms with E-state index >= 15 is 0 Å². The van der Waals surface area contributed by atoms with Gasteiger partial charge in [-0.05, 0) is 37.1 Å². The van der Waals surface area contributed by atoms with Crippen molar-refractivity contribution in [1.29, 1.82) is 0 Å². The van der Waals surface area contributed by atoms with Crippen molar-refractivity contribution in [2.24, 2.45) is 5.73 Å². The Labute approximate surface area is 141 Å². The highest BCUT2D eigenvalue weighted by Gasteiger charge is 2.21. The van der Waals surface area contributed by atoms with Crippen molar-refractivity contribution in [3.63, 3.8) is 0 Å². The molecule has 2 rings (SSSR count). The van der Waals surface area contributed by atoms with Crippen LogP contribution in [0.3, 0.4) is 0 Å². The molecule has 0 aliphatic carbocycles. The summed E-state index contributed by atoms with van der Waals surface area (Å²) in [6.07, 6.45) is 0. The van der Waals surface area contributed by atoms with Gasteiger partial charge in [-0.2, -0.15) is 0 Å². The average Bonchev–Trinajstić information content (AvgIpc) is 2.55. The van der Waals surface area contributed by atoms with Crippen LogP contribution in [-0.4, -0.2) is 15.5 Å². The number of methoxy groups -OCH3 is 1. The number of hydrogen-bond donors (Lipinski definition) is 2. The molecule has 0 spiro atoms. The molecule has 2 aromatic carbocycles. The molecule has 0 radical (unpaired) electrons. The molecule has 0 amide bonds. The zero-order valence-electron chi connectivity index (χ0n) is 13.8. The number of rotatable bonds is 6. The lowest BCUT2D eigenvalue weighted by molar-refractivity contribution is 0.384. The summed E-state index contributed by atoms with van der Waals surface area (Å²) >= 11 is 0. The van der Waals surface area contributed by atoms with Crippen LogP contribution in [0.25, 0.3) is 0 Å². The third-order valence-corrected chi connectivity index (χ3v) is 5.33. The Kier molecular flexibility index (Phi) is 5.58. The summed E-state index contributed by atoms with van der Waals surface area (Å²) in [4.78, 5) is -0.104. The van der Waals surface area contributed by atoms with Crippen LogP contribution in [0.4, 0.5) is 4.39 Å². The SMILES string of the molecule is COc1ccc(S(=O)(=O)NCc2ccc(C(C)N)cc2)c(C)c1F. The lowest BCUT2D eigenvalue weighted by atomic mass is 10.1. The summed E-state index contributed by atoms with van der Waals surface area (Å²) in [6, 6.07) is 9.87. The normalized spacial score (nSPS) is 12.9. The highest BCUT2D eigenvalue weighted by atomic mass is 32.2. The molecule has 7 heteroatoms. The second-order valence-electron chi connectivity index (χ2n) is 5.56. The maximum Gasteiger partial charge on any atom is 0.241 e. The van der Waals surface area contributed by atoms with Gasteiger partial charge in [-0.15, -0.1) is 0 Å². The summed E-state index contributed by atoms with van der Waals surface area (Å²) in [6.45, 7) is 3.39. The monoisotopic (exact) mass is 352 g/mol. The fourth-order valence-electron chi connectivity index (χ4n) is 2.29. The van der Waals surface area contributed by atoms with Gasteiger partial charge in [0.25, 0.3) is 0 Å². The van der Waals surface area contributed by atoms with Crippen LogP contribution in [0.15, 0.2) is 41.3 Å². The maximum atomic E-state index is 14.0. The molecule has 0 aliphatic heterocycles. The van der Waals surface area contributed by atoms with Crippen molar-refractivity contribution in [2.45, 2.75) is 31.3 Å². The first kappa shape index (κ1) is 18.4. The summed E-state index contributed by atoms with van der Waals surface area (Å²) in [5.41, 5.74) is 7.56. The lowest BCUT2D eigenvalue weighted by Gasteiger charge is -2.12. The predicted octanol–water partition coefficient (Wildman–Crippen LogP) is 2.64. The fourth-order valence-corrected chi connectivity index (χ4v) is 3.54. The number of halogens is 1. The quantitative estimate of drug-likeness (QED) is 0.837. The van der Waals surface area contributed by atoms with E-state index in [2.05, 4.69) is 4.72 Å². The second-order valence-corrected chi connectivity index (χ2v) is 7.30. The number of nitrogens with two attached hydrogens (primary N) is 1. The Balaban J connectivity index is 2.18. The lowest BCUT2D eigenvalue weighted by Crippen LogP contribution is -2.24. The third-order valence-electron chi connectivity index (χ3n) is 3.78. The van der Waals surface area contributed by atoms with E-state index in [4.69, 9.17) is 10.5 Å². The van der Waals surface area contributed by atoms with Crippen molar-refractivity contribution in [3.05, 3.63) is 58.9 Å². The van der Waals surface area contributed by atoms with Gasteiger partial charge in [-0.3, -0.25) is 0 Å². The number of nitrogens with one attached hydrogen (secondary N) is 1. The van der Waals surface area contributed by atoms with Gasteiger partial charge < -0.3 is 10.5 Å². The second kappa shape index (κ2) is 7.29. The molecule has 0 bridgehead atoms. The first-order valence-corrected chi connectivity index (χ1v) is 8.91. The molecule has 1 atom stereocenters. The van der Waals surface area contributed by atoms with Crippen molar-refractivity contribution in [1.82, 2.24) is 4.72 Å². The molecule has 0 fully saturated rings. The molecule has 1 unspecified atom stereocenters. The van der Waals surface area contributed by atoms with Gasteiger partial charge in [0.05, 0.1) is 12.0 Å². The Morgan fingerprint density at radius 1 is 1.21 bits per heavy atom. The van der Waals surface area contributed by atoms with Gasteiger partial charge in [0.15, 0.2) is 11.6 Å². The van der Waals surface area contributed by atoms with Crippen LogP contribution >= 0.6 is 0 Å². The van der Waals surface area contributed by atoms with E-state index < -0.39 is 15.8 Å². The van der Waals surface area contributed by atoms with E-state index in [-0.39, 0.29) is 28.8 Å². The van der Waals surface area contributed by atoms with Gasteiger partial charge in [0.2, 0.25) is 10.0 Å². The minimum Gasteiger partial charge on any atom is -0.494 e. The van der Waals surface area contributed by atoms with Crippen molar-refractivity contribution < 1.29 is 17.5 Å². The molecule has 0 aromatic heterocycles. The van der Waals surface area contributed by atoms with E-state index in [1.165, 1.54) is 26.2 Å². The summed E-state index contributed by atoms with van der Waals surface area (Å²) in [5.74, 6) is -0.667. The van der Waals surface area contributed by atoms with E-state index in [9.17, 15) is 12.8 Å². The molecule has 3 N–H and O–H groups in total. The first-order chi connectivity index (χ1) is 11.3. The topological polar surface area (TPSA) is 81.4 Å². The van der Waals surface area contributed by atoms with Gasteiger partial charge >= 0.3 is 0 Å². The molecule has 0 heterocycles. The summed E-state index contributed by atoms with van der Waals surface area (Å²) < 4.78 is 46.2. The van der Waals surface area contributed by atoms with Crippen molar-refractivity contribution in [2.75, 3.05) is 7.11 Å². The largest absolute Gasteiger partial charge is 0.494 e. The standard InChI is InChI=1S/C17H21FN2O3S/c1-11-16(9-8-15(23-3)17(11)18)24(21,22)20-10-13-4-6-14(7-5-13)12(2)19/h4-9,12,20H,10,19H2,1-3H3. The molecule has 2 aromatic rings. The van der Waals surface area contributed by atoms with Crippen molar-refractivity contribution >= 4 is 10.0 Å². The molecule has 5 nitrogen and oxygen atoms in total. The van der Waals surface area contributed by atoms with E-state index in [1.54, 1.807) is 0 Å². The van der Waals surface area contributed by atoms with Gasteiger partial charge in [-0.1, -0.05) is 24.3 Å². The predicted molar refractivity (Wildman–Crippen MR) is 90.8 cm³/mol. The molecular formula is C17H21FN2O3S. The summed E-state index contributed by atoms with van der Waals surface area (Å²) in [5, 5.41) is 0. The number of benzene rings is 2. The maximum absolute atomic E-state index is 14.0. The van der Waals surface area contributed by atoms with Crippen LogP contribution in [0.1, 0.15) is 29.7 Å². The molecule has 130 valence electrons. The number of sulfonamides is 1. The molecule has 0 saturated carbocycles. The van der Waals surface area contributed by atoms with Crippen LogP contribution in [0.2, 0.25) is 0 Å². The van der Waals surface area contributed by atoms with Crippen LogP contribution in [0, 0.1) is 12.7 Å². The molecule has 0 saturated heterocycles. The molecule has 0 aliphatic rings. The zero-order chi connectivity index (χ0) is 17.9. The van der Waals surface area contributed by atoms with Crippen LogP contribution < -0.4 is 15.2 Å². The molecular weight excluding hydrogens is 331 g/mol. The molecule has 24 heavy (non-hydrogen) atoms.